The predicted octanol–water partition coefficient (Wildman–Crippen LogP) is 12.5. The Hall–Kier alpha value is -1.28. The van der Waals surface area contributed by atoms with Crippen LogP contribution < -0.4 is 10.2 Å². The number of amides is 1. The smallest absolute Gasteiger partial charge is 0.268 e. The van der Waals surface area contributed by atoms with Gasteiger partial charge in [-0.15, -0.1) is 0 Å². The molecule has 3 atom stereocenters. The fourth-order valence-electron chi connectivity index (χ4n) is 6.63. The van der Waals surface area contributed by atoms with Gasteiger partial charge in [-0.05, 0) is 38.5 Å². The Morgan fingerprint density at radius 1 is 0.625 bits per heavy atom. The molecule has 9 heteroatoms. The lowest BCUT2D eigenvalue weighted by Crippen LogP contribution is -2.46. The quantitative estimate of drug-likeness (QED) is 0.0275. The van der Waals surface area contributed by atoms with Gasteiger partial charge < -0.3 is 28.8 Å². The molecule has 0 aliphatic heterocycles. The zero-order valence-corrected chi connectivity index (χ0v) is 38.2. The first kappa shape index (κ1) is 54.7. The van der Waals surface area contributed by atoms with Crippen LogP contribution in [0.15, 0.2) is 36.5 Å². The molecule has 0 saturated heterocycles. The molecule has 1 unspecified atom stereocenters. The summed E-state index contributed by atoms with van der Waals surface area (Å²) in [7, 11) is 1.23. The Kier molecular flexibility index (Phi) is 38.3. The van der Waals surface area contributed by atoms with Gasteiger partial charge in [0.2, 0.25) is 5.91 Å². The first-order valence-electron chi connectivity index (χ1n) is 23.3. The Bertz CT molecular complexity index is 1010. The summed E-state index contributed by atoms with van der Waals surface area (Å²) in [6.07, 6.45) is 47.8. The summed E-state index contributed by atoms with van der Waals surface area (Å²) >= 11 is 0. The second kappa shape index (κ2) is 39.2. The average molecular weight is 811 g/mol. The van der Waals surface area contributed by atoms with Crippen molar-refractivity contribution in [1.29, 1.82) is 0 Å². The minimum atomic E-state index is -4.60. The van der Waals surface area contributed by atoms with Crippen molar-refractivity contribution in [2.45, 2.75) is 219 Å². The van der Waals surface area contributed by atoms with E-state index in [1.165, 1.54) is 154 Å². The molecule has 0 aromatic rings. The molecule has 0 fully saturated rings. The molecule has 1 amide bonds. The summed E-state index contributed by atoms with van der Waals surface area (Å²) in [4.78, 5) is 25.2. The van der Waals surface area contributed by atoms with Crippen LogP contribution in [0, 0.1) is 0 Å². The van der Waals surface area contributed by atoms with Crippen LogP contribution >= 0.6 is 7.82 Å². The molecule has 0 aliphatic carbocycles. The van der Waals surface area contributed by atoms with Gasteiger partial charge in [-0.2, -0.15) is 0 Å². The van der Waals surface area contributed by atoms with Gasteiger partial charge in [0.05, 0.1) is 39.9 Å². The van der Waals surface area contributed by atoms with Gasteiger partial charge in [0.25, 0.3) is 7.82 Å². The zero-order valence-electron chi connectivity index (χ0n) is 37.3. The average Bonchev–Trinajstić information content (AvgIpc) is 3.15. The topological polar surface area (TPSA) is 108 Å². The number of hydrogen-bond acceptors (Lipinski definition) is 6. The van der Waals surface area contributed by atoms with Gasteiger partial charge in [0, 0.05) is 6.42 Å². The van der Waals surface area contributed by atoms with Crippen LogP contribution in [0.2, 0.25) is 0 Å². The molecule has 330 valence electrons. The van der Waals surface area contributed by atoms with E-state index >= 15 is 0 Å². The van der Waals surface area contributed by atoms with Crippen molar-refractivity contribution in [2.24, 2.45) is 0 Å². The highest BCUT2D eigenvalue weighted by molar-refractivity contribution is 7.45. The van der Waals surface area contributed by atoms with Gasteiger partial charge in [0.15, 0.2) is 0 Å². The SMILES string of the molecule is CCCCCCCCCCCCC=CC[C@@H](O)[C@H](COP(=O)([O-])OCC[N+](C)(C)C)NC(=O)CC=CCC=CCCCCCCCCCCCCCCCCC. The van der Waals surface area contributed by atoms with E-state index in [4.69, 9.17) is 9.05 Å². The van der Waals surface area contributed by atoms with Crippen LogP contribution in [0.25, 0.3) is 0 Å². The molecule has 0 saturated carbocycles. The largest absolute Gasteiger partial charge is 0.756 e. The highest BCUT2D eigenvalue weighted by Crippen LogP contribution is 2.38. The molecule has 0 aromatic heterocycles. The molecule has 0 heterocycles. The van der Waals surface area contributed by atoms with Crippen molar-refractivity contribution in [2.75, 3.05) is 40.9 Å². The number of phosphoric acid groups is 1. The fourth-order valence-corrected chi connectivity index (χ4v) is 7.35. The van der Waals surface area contributed by atoms with Crippen LogP contribution in [0.4, 0.5) is 0 Å². The van der Waals surface area contributed by atoms with E-state index in [2.05, 4.69) is 37.4 Å². The van der Waals surface area contributed by atoms with Crippen LogP contribution in [0.1, 0.15) is 206 Å². The molecule has 56 heavy (non-hydrogen) atoms. The van der Waals surface area contributed by atoms with Crippen molar-refractivity contribution in [3.05, 3.63) is 36.5 Å². The number of aliphatic hydroxyl groups is 1. The number of carbonyl (C=O) groups excluding carboxylic acids is 1. The van der Waals surface area contributed by atoms with Gasteiger partial charge >= 0.3 is 0 Å². The lowest BCUT2D eigenvalue weighted by Gasteiger charge is -2.29. The number of carbonyl (C=O) groups is 1. The molecule has 0 spiro atoms. The lowest BCUT2D eigenvalue weighted by molar-refractivity contribution is -0.870. The van der Waals surface area contributed by atoms with E-state index in [1.807, 2.05) is 39.4 Å². The van der Waals surface area contributed by atoms with Crippen molar-refractivity contribution in [3.63, 3.8) is 0 Å². The standard InChI is InChI=1S/C47H91N2O6P/c1-6-8-10-12-14-16-18-20-21-22-23-24-25-26-27-29-31-33-35-37-39-41-47(51)48-45(44-55-56(52,53)54-43-42-49(3,4)5)46(50)40-38-36-34-32-30-28-19-17-15-13-11-9-7-2/h31,33,36-39,45-46,50H,6-30,32,34-35,40-44H2,1-5H3,(H-,48,51,52,53)/t45-,46+/m0/s1. The molecule has 8 nitrogen and oxygen atoms in total. The van der Waals surface area contributed by atoms with Crippen LogP contribution in [-0.4, -0.2) is 68.5 Å². The summed E-state index contributed by atoms with van der Waals surface area (Å²) < 4.78 is 23.2. The molecule has 0 aromatic carbocycles. The van der Waals surface area contributed by atoms with Crippen LogP contribution in [0.3, 0.4) is 0 Å². The van der Waals surface area contributed by atoms with Crippen LogP contribution in [0.5, 0.6) is 0 Å². The number of unbranched alkanes of at least 4 members (excludes halogenated alkanes) is 25. The van der Waals surface area contributed by atoms with Gasteiger partial charge in [-0.1, -0.05) is 198 Å². The number of rotatable bonds is 42. The normalized spacial score (nSPS) is 14.6. The lowest BCUT2D eigenvalue weighted by atomic mass is 10.0. The van der Waals surface area contributed by atoms with Crippen molar-refractivity contribution in [1.82, 2.24) is 5.32 Å². The Labute approximate surface area is 347 Å². The number of nitrogens with one attached hydrogen (secondary N) is 1. The molecule has 0 bridgehead atoms. The third-order valence-electron chi connectivity index (χ3n) is 10.4. The van der Waals surface area contributed by atoms with E-state index in [9.17, 15) is 19.4 Å². The van der Waals surface area contributed by atoms with E-state index in [-0.39, 0.29) is 25.4 Å². The monoisotopic (exact) mass is 811 g/mol. The van der Waals surface area contributed by atoms with Crippen molar-refractivity contribution < 1.29 is 32.9 Å². The summed E-state index contributed by atoms with van der Waals surface area (Å²) in [5.74, 6) is -0.295. The minimum absolute atomic E-state index is 0.00965. The van der Waals surface area contributed by atoms with E-state index in [0.717, 1.165) is 25.7 Å². The summed E-state index contributed by atoms with van der Waals surface area (Å²) in [5.41, 5.74) is 0. The molecule has 0 rings (SSSR count). The Morgan fingerprint density at radius 3 is 1.48 bits per heavy atom. The van der Waals surface area contributed by atoms with E-state index in [1.54, 1.807) is 0 Å². The minimum Gasteiger partial charge on any atom is -0.756 e. The molecule has 0 radical (unpaired) electrons. The number of allylic oxidation sites excluding steroid dienone is 4. The van der Waals surface area contributed by atoms with Gasteiger partial charge in [0.1, 0.15) is 13.2 Å². The summed E-state index contributed by atoms with van der Waals surface area (Å²) in [6, 6.07) is -0.892. The first-order chi connectivity index (χ1) is 27.0. The summed E-state index contributed by atoms with van der Waals surface area (Å²) in [6.45, 7) is 4.62. The maximum absolute atomic E-state index is 12.8. The number of quaternary nitrogens is 1. The molecular formula is C47H91N2O6P. The maximum Gasteiger partial charge on any atom is 0.268 e. The maximum atomic E-state index is 12.8. The molecular weight excluding hydrogens is 719 g/mol. The van der Waals surface area contributed by atoms with Gasteiger partial charge in [-0.25, -0.2) is 0 Å². The third-order valence-corrected chi connectivity index (χ3v) is 11.4. The second-order valence-corrected chi connectivity index (χ2v) is 18.5. The number of nitrogens with zero attached hydrogens (tertiary/aromatic N) is 1. The second-order valence-electron chi connectivity index (χ2n) is 17.1. The van der Waals surface area contributed by atoms with Crippen molar-refractivity contribution in [3.8, 4) is 0 Å². The fraction of sp³-hybridized carbons (Fsp3) is 0.851. The van der Waals surface area contributed by atoms with E-state index in [0.29, 0.717) is 11.0 Å². The highest BCUT2D eigenvalue weighted by atomic mass is 31.2. The number of likely N-dealkylation sites (N-methyl/N-ethyl adjacent to an activating group) is 1. The predicted molar refractivity (Wildman–Crippen MR) is 238 cm³/mol. The number of aliphatic hydroxyl groups excluding tert-OH is 1. The first-order valence-corrected chi connectivity index (χ1v) is 24.8. The Balaban J connectivity index is 4.41. The zero-order chi connectivity index (χ0) is 41.4. The van der Waals surface area contributed by atoms with E-state index < -0.39 is 26.6 Å². The highest BCUT2D eigenvalue weighted by Gasteiger charge is 2.23. The number of phosphoric ester groups is 1. The number of hydrogen-bond donors (Lipinski definition) is 2. The van der Waals surface area contributed by atoms with Gasteiger partial charge in [-0.3, -0.25) is 9.36 Å². The van der Waals surface area contributed by atoms with Crippen molar-refractivity contribution >= 4 is 13.7 Å². The Morgan fingerprint density at radius 2 is 1.04 bits per heavy atom. The third kappa shape index (κ3) is 40.9. The molecule has 0 aliphatic rings. The van der Waals surface area contributed by atoms with Crippen LogP contribution in [-0.2, 0) is 18.4 Å². The molecule has 2 N–H and O–H groups in total. The summed E-state index contributed by atoms with van der Waals surface area (Å²) in [5, 5.41) is 13.7.